The Bertz CT molecular complexity index is 878. The number of halogens is 7. The molecule has 2 rings (SSSR count). The molecule has 1 amide bonds. The average molecular weight is 454 g/mol. The van der Waals surface area contributed by atoms with Crippen molar-refractivity contribution in [2.45, 2.75) is 31.4 Å². The summed E-state index contributed by atoms with van der Waals surface area (Å²) in [6, 6.07) is 10.2. The minimum atomic E-state index is -4.93. The van der Waals surface area contributed by atoms with Crippen molar-refractivity contribution in [3.05, 3.63) is 54.1 Å². The molecular formula is C19H17F7N2O3. The number of aliphatic hydroxyl groups is 1. The Labute approximate surface area is 172 Å². The van der Waals surface area contributed by atoms with Gasteiger partial charge in [0, 0.05) is 17.9 Å². The molecule has 0 heterocycles. The van der Waals surface area contributed by atoms with Crippen LogP contribution in [0.1, 0.15) is 5.56 Å². The van der Waals surface area contributed by atoms with Gasteiger partial charge in [0.05, 0.1) is 6.54 Å². The molecule has 2 N–H and O–H groups in total. The third-order valence-electron chi connectivity index (χ3n) is 3.99. The fraction of sp³-hybridized carbons (Fsp3) is 0.316. The van der Waals surface area contributed by atoms with Crippen LogP contribution in [0.25, 0.3) is 0 Å². The number of amides is 1. The second kappa shape index (κ2) is 9.86. The average Bonchev–Trinajstić information content (AvgIpc) is 2.67. The highest BCUT2D eigenvalue weighted by Crippen LogP contribution is 2.30. The van der Waals surface area contributed by atoms with E-state index in [1.54, 1.807) is 0 Å². The number of ether oxygens (including phenoxy) is 1. The van der Waals surface area contributed by atoms with E-state index in [1.807, 2.05) is 0 Å². The monoisotopic (exact) mass is 454 g/mol. The van der Waals surface area contributed by atoms with Gasteiger partial charge in [0.1, 0.15) is 5.75 Å². The van der Waals surface area contributed by atoms with Crippen molar-refractivity contribution >= 4 is 17.8 Å². The van der Waals surface area contributed by atoms with Gasteiger partial charge in [-0.25, -0.2) is 0 Å². The molecule has 0 aliphatic heterocycles. The molecule has 0 aliphatic carbocycles. The predicted molar refractivity (Wildman–Crippen MR) is 97.3 cm³/mol. The summed E-state index contributed by atoms with van der Waals surface area (Å²) in [5.74, 6) is -0.615. The first kappa shape index (κ1) is 24.3. The molecule has 2 aromatic rings. The van der Waals surface area contributed by atoms with E-state index in [9.17, 15) is 40.6 Å². The zero-order chi connectivity index (χ0) is 23.2. The van der Waals surface area contributed by atoms with E-state index in [4.69, 9.17) is 0 Å². The number of rotatable bonds is 10. The summed E-state index contributed by atoms with van der Waals surface area (Å²) in [6.07, 6.45) is -16.1. The molecule has 5 nitrogen and oxygen atoms in total. The molecule has 31 heavy (non-hydrogen) atoms. The number of benzene rings is 2. The van der Waals surface area contributed by atoms with Crippen LogP contribution in [0, 0.1) is 0 Å². The highest BCUT2D eigenvalue weighted by Gasteiger charge is 2.44. The summed E-state index contributed by atoms with van der Waals surface area (Å²) >= 11 is 0. The number of alkyl halides is 7. The Kier molecular flexibility index (Phi) is 7.71. The maximum atomic E-state index is 13.1. The van der Waals surface area contributed by atoms with E-state index in [-0.39, 0.29) is 23.5 Å². The second-order valence-electron chi connectivity index (χ2n) is 6.36. The number of carbonyl (C=O) groups excluding carboxylic acids is 1. The third kappa shape index (κ3) is 7.02. The SMILES string of the molecule is O=CNc1cccc(N(Cc2cccc(OC(F)(F)C(F)F)c2)CC(O)C(F)(F)F)c1. The molecule has 1 atom stereocenters. The Morgan fingerprint density at radius 2 is 1.74 bits per heavy atom. The van der Waals surface area contributed by atoms with Crippen LogP contribution in [0.2, 0.25) is 0 Å². The topological polar surface area (TPSA) is 61.8 Å². The first-order valence-corrected chi connectivity index (χ1v) is 8.66. The third-order valence-corrected chi connectivity index (χ3v) is 3.99. The van der Waals surface area contributed by atoms with Crippen LogP contribution in [-0.4, -0.2) is 42.9 Å². The fourth-order valence-electron chi connectivity index (χ4n) is 2.56. The Morgan fingerprint density at radius 1 is 1.06 bits per heavy atom. The maximum absolute atomic E-state index is 13.1. The van der Waals surface area contributed by atoms with Crippen molar-refractivity contribution in [3.63, 3.8) is 0 Å². The summed E-state index contributed by atoms with van der Waals surface area (Å²) in [7, 11) is 0. The number of anilines is 2. The van der Waals surface area contributed by atoms with E-state index >= 15 is 0 Å². The molecule has 2 aromatic carbocycles. The predicted octanol–water partition coefficient (Wildman–Crippen LogP) is 4.42. The van der Waals surface area contributed by atoms with E-state index in [1.165, 1.54) is 36.4 Å². The lowest BCUT2D eigenvalue weighted by Gasteiger charge is -2.29. The Balaban J connectivity index is 2.32. The lowest BCUT2D eigenvalue weighted by Crippen LogP contribution is -2.41. The Morgan fingerprint density at radius 3 is 2.35 bits per heavy atom. The zero-order valence-corrected chi connectivity index (χ0v) is 15.6. The Hall–Kier alpha value is -3.02. The maximum Gasteiger partial charge on any atom is 0.461 e. The highest BCUT2D eigenvalue weighted by atomic mass is 19.4. The van der Waals surface area contributed by atoms with Gasteiger partial charge in [-0.05, 0) is 35.9 Å². The number of aliphatic hydroxyl groups excluding tert-OH is 1. The molecule has 0 bridgehead atoms. The number of carbonyl (C=O) groups is 1. The number of nitrogens with one attached hydrogen (secondary N) is 1. The van der Waals surface area contributed by atoms with Crippen LogP contribution in [0.5, 0.6) is 5.75 Å². The van der Waals surface area contributed by atoms with Crippen molar-refractivity contribution < 1.29 is 45.4 Å². The van der Waals surface area contributed by atoms with Gasteiger partial charge in [-0.3, -0.25) is 4.79 Å². The number of hydrogen-bond donors (Lipinski definition) is 2. The van der Waals surface area contributed by atoms with Crippen molar-refractivity contribution in [2.24, 2.45) is 0 Å². The number of nitrogens with zero attached hydrogens (tertiary/aromatic N) is 1. The summed E-state index contributed by atoms with van der Waals surface area (Å²) in [6.45, 7) is -1.25. The zero-order valence-electron chi connectivity index (χ0n) is 15.6. The molecule has 0 saturated heterocycles. The van der Waals surface area contributed by atoms with Gasteiger partial charge in [-0.1, -0.05) is 18.2 Å². The van der Waals surface area contributed by atoms with E-state index in [0.29, 0.717) is 6.41 Å². The molecule has 0 fully saturated rings. The summed E-state index contributed by atoms with van der Waals surface area (Å²) in [4.78, 5) is 11.7. The van der Waals surface area contributed by atoms with Crippen LogP contribution in [0.3, 0.4) is 0 Å². The van der Waals surface area contributed by atoms with Gasteiger partial charge in [0.15, 0.2) is 6.10 Å². The summed E-state index contributed by atoms with van der Waals surface area (Å²) < 4.78 is 93.6. The van der Waals surface area contributed by atoms with Crippen LogP contribution in [0.15, 0.2) is 48.5 Å². The molecule has 0 spiro atoms. The minimum Gasteiger partial charge on any atom is -0.428 e. The summed E-state index contributed by atoms with van der Waals surface area (Å²) in [5, 5.41) is 11.8. The second-order valence-corrected chi connectivity index (χ2v) is 6.36. The first-order chi connectivity index (χ1) is 14.4. The van der Waals surface area contributed by atoms with Crippen molar-refractivity contribution in [2.75, 3.05) is 16.8 Å². The van der Waals surface area contributed by atoms with Gasteiger partial charge in [0.25, 0.3) is 0 Å². The van der Waals surface area contributed by atoms with Crippen molar-refractivity contribution in [1.82, 2.24) is 0 Å². The largest absolute Gasteiger partial charge is 0.461 e. The van der Waals surface area contributed by atoms with Gasteiger partial charge in [0.2, 0.25) is 6.41 Å². The van der Waals surface area contributed by atoms with Crippen molar-refractivity contribution in [1.29, 1.82) is 0 Å². The van der Waals surface area contributed by atoms with Crippen molar-refractivity contribution in [3.8, 4) is 5.75 Å². The van der Waals surface area contributed by atoms with Crippen LogP contribution < -0.4 is 15.0 Å². The fourth-order valence-corrected chi connectivity index (χ4v) is 2.56. The molecular weight excluding hydrogens is 437 g/mol. The minimum absolute atomic E-state index is 0.144. The van der Waals surface area contributed by atoms with Gasteiger partial charge >= 0.3 is 18.7 Å². The lowest BCUT2D eigenvalue weighted by molar-refractivity contribution is -0.253. The molecule has 1 unspecified atom stereocenters. The molecule has 0 radical (unpaired) electrons. The molecule has 0 saturated carbocycles. The van der Waals surface area contributed by atoms with Crippen LogP contribution in [0.4, 0.5) is 42.1 Å². The molecule has 0 aliphatic rings. The summed E-state index contributed by atoms with van der Waals surface area (Å²) in [5.41, 5.74) is 0.567. The van der Waals surface area contributed by atoms with E-state index < -0.39 is 37.1 Å². The highest BCUT2D eigenvalue weighted by molar-refractivity contribution is 5.73. The van der Waals surface area contributed by atoms with Crippen LogP contribution in [-0.2, 0) is 11.3 Å². The van der Waals surface area contributed by atoms with Gasteiger partial charge in [-0.2, -0.15) is 30.7 Å². The standard InChI is InChI=1S/C19H17F7N2O3/c20-17(21)19(25,26)31-15-6-1-3-12(7-15)9-28(10-16(30)18(22,23)24)14-5-2-4-13(8-14)27-11-29/h1-8,11,16-17,30H,9-10H2,(H,27,29). The molecule has 170 valence electrons. The van der Waals surface area contributed by atoms with E-state index in [0.717, 1.165) is 17.0 Å². The number of hydrogen-bond acceptors (Lipinski definition) is 4. The van der Waals surface area contributed by atoms with Crippen LogP contribution >= 0.6 is 0 Å². The molecule has 12 heteroatoms. The molecule has 0 aromatic heterocycles. The van der Waals surface area contributed by atoms with E-state index in [2.05, 4.69) is 10.1 Å². The first-order valence-electron chi connectivity index (χ1n) is 8.66. The van der Waals surface area contributed by atoms with Gasteiger partial charge < -0.3 is 20.1 Å². The smallest absolute Gasteiger partial charge is 0.428 e. The van der Waals surface area contributed by atoms with Gasteiger partial charge in [-0.15, -0.1) is 0 Å². The normalized spacial score (nSPS) is 13.1. The lowest BCUT2D eigenvalue weighted by atomic mass is 10.1. The quantitative estimate of drug-likeness (QED) is 0.412.